The highest BCUT2D eigenvalue weighted by molar-refractivity contribution is 5.98. The standard InChI is InChI=1S/C22H23FN8O2/c1-2-19(32)30-9-5-6-15(13-30)31-12-14(10-26-31)27-22-25-11-16(20(24)33)21(29-22)28-18-8-4-3-7-17(18)23/h2-4,7-8,10-12,15H,1,5-6,9,13H2,(H2,24,33)(H2,25,27,28,29)/t15-/m0/s1. The highest BCUT2D eigenvalue weighted by Gasteiger charge is 2.24. The van der Waals surface area contributed by atoms with Crippen LogP contribution in [0.25, 0.3) is 0 Å². The number of benzene rings is 1. The molecule has 0 saturated carbocycles. The molecule has 1 aliphatic rings. The van der Waals surface area contributed by atoms with Gasteiger partial charge in [0.25, 0.3) is 5.91 Å². The predicted octanol–water partition coefficient (Wildman–Crippen LogP) is 2.75. The second-order valence-corrected chi connectivity index (χ2v) is 7.54. The van der Waals surface area contributed by atoms with Crippen LogP contribution < -0.4 is 16.4 Å². The second kappa shape index (κ2) is 9.47. The first-order chi connectivity index (χ1) is 15.9. The topological polar surface area (TPSA) is 131 Å². The van der Waals surface area contributed by atoms with Gasteiger partial charge in [-0.1, -0.05) is 18.7 Å². The summed E-state index contributed by atoms with van der Waals surface area (Å²) < 4.78 is 15.8. The van der Waals surface area contributed by atoms with E-state index in [2.05, 4.69) is 32.3 Å². The van der Waals surface area contributed by atoms with Crippen molar-refractivity contribution < 1.29 is 14.0 Å². The molecule has 33 heavy (non-hydrogen) atoms. The molecule has 0 aliphatic carbocycles. The molecule has 0 radical (unpaired) electrons. The first-order valence-electron chi connectivity index (χ1n) is 10.4. The van der Waals surface area contributed by atoms with Crippen molar-refractivity contribution in [2.45, 2.75) is 18.9 Å². The Bertz CT molecular complexity index is 1190. The van der Waals surface area contributed by atoms with Crippen LogP contribution >= 0.6 is 0 Å². The number of piperidine rings is 1. The molecule has 4 N–H and O–H groups in total. The number of hydrogen-bond donors (Lipinski definition) is 3. The SMILES string of the molecule is C=CC(=O)N1CCC[C@H](n2cc(Nc3ncc(C(N)=O)c(Nc4ccccc4F)n3)cn2)C1. The number of hydrogen-bond acceptors (Lipinski definition) is 7. The molecule has 1 atom stereocenters. The van der Waals surface area contributed by atoms with Gasteiger partial charge in [-0.2, -0.15) is 10.1 Å². The molecule has 1 aliphatic heterocycles. The van der Waals surface area contributed by atoms with Crippen LogP contribution in [0.4, 0.5) is 27.5 Å². The summed E-state index contributed by atoms with van der Waals surface area (Å²) in [5.74, 6) is -1.10. The van der Waals surface area contributed by atoms with Crippen molar-refractivity contribution in [1.29, 1.82) is 0 Å². The molecule has 1 saturated heterocycles. The lowest BCUT2D eigenvalue weighted by atomic mass is 10.1. The molecule has 2 amide bonds. The fourth-order valence-corrected chi connectivity index (χ4v) is 3.64. The van der Waals surface area contributed by atoms with Crippen LogP contribution in [0.5, 0.6) is 0 Å². The third kappa shape index (κ3) is 4.97. The monoisotopic (exact) mass is 450 g/mol. The molecule has 170 valence electrons. The molecule has 1 fully saturated rings. The lowest BCUT2D eigenvalue weighted by Crippen LogP contribution is -2.39. The smallest absolute Gasteiger partial charge is 0.254 e. The van der Waals surface area contributed by atoms with Crippen LogP contribution in [0.2, 0.25) is 0 Å². The van der Waals surface area contributed by atoms with E-state index < -0.39 is 11.7 Å². The van der Waals surface area contributed by atoms with Crippen LogP contribution in [-0.2, 0) is 4.79 Å². The third-order valence-corrected chi connectivity index (χ3v) is 5.30. The summed E-state index contributed by atoms with van der Waals surface area (Å²) in [7, 11) is 0. The van der Waals surface area contributed by atoms with Gasteiger partial charge in [0.2, 0.25) is 11.9 Å². The summed E-state index contributed by atoms with van der Waals surface area (Å²) in [4.78, 5) is 33.9. The molecule has 0 bridgehead atoms. The summed E-state index contributed by atoms with van der Waals surface area (Å²) >= 11 is 0. The molecule has 0 unspecified atom stereocenters. The summed E-state index contributed by atoms with van der Waals surface area (Å²) in [6, 6.07) is 6.05. The Balaban J connectivity index is 1.52. The van der Waals surface area contributed by atoms with Crippen LogP contribution in [-0.4, -0.2) is 49.6 Å². The van der Waals surface area contributed by atoms with Gasteiger partial charge in [0.05, 0.1) is 23.6 Å². The Kier molecular flexibility index (Phi) is 6.29. The molecule has 3 heterocycles. The first kappa shape index (κ1) is 21.9. The Hall–Kier alpha value is -4.28. The number of halogens is 1. The molecular formula is C22H23FN8O2. The van der Waals surface area contributed by atoms with Gasteiger partial charge in [0.1, 0.15) is 17.2 Å². The number of likely N-dealkylation sites (tertiary alicyclic amines) is 1. The minimum atomic E-state index is -0.746. The van der Waals surface area contributed by atoms with Crippen molar-refractivity contribution >= 4 is 35.0 Å². The molecule has 1 aromatic carbocycles. The normalized spacial score (nSPS) is 15.7. The molecule has 10 nitrogen and oxygen atoms in total. The lowest BCUT2D eigenvalue weighted by molar-refractivity contribution is -0.127. The van der Waals surface area contributed by atoms with Crippen molar-refractivity contribution in [2.24, 2.45) is 5.73 Å². The van der Waals surface area contributed by atoms with Gasteiger partial charge in [-0.15, -0.1) is 0 Å². The zero-order valence-corrected chi connectivity index (χ0v) is 17.7. The minimum absolute atomic E-state index is 0.0219. The lowest BCUT2D eigenvalue weighted by Gasteiger charge is -2.32. The number of nitrogens with two attached hydrogens (primary N) is 1. The van der Waals surface area contributed by atoms with Crippen molar-refractivity contribution in [2.75, 3.05) is 23.7 Å². The van der Waals surface area contributed by atoms with E-state index >= 15 is 0 Å². The number of nitrogens with one attached hydrogen (secondary N) is 2. The van der Waals surface area contributed by atoms with Gasteiger partial charge < -0.3 is 21.3 Å². The highest BCUT2D eigenvalue weighted by atomic mass is 19.1. The Morgan fingerprint density at radius 3 is 2.82 bits per heavy atom. The van der Waals surface area contributed by atoms with Crippen LogP contribution in [0.15, 0.2) is 55.5 Å². The number of amides is 2. The Morgan fingerprint density at radius 1 is 1.24 bits per heavy atom. The average molecular weight is 450 g/mol. The molecule has 2 aromatic heterocycles. The summed E-state index contributed by atoms with van der Waals surface area (Å²) in [6.07, 6.45) is 7.76. The van der Waals surface area contributed by atoms with Gasteiger partial charge in [0.15, 0.2) is 0 Å². The predicted molar refractivity (Wildman–Crippen MR) is 121 cm³/mol. The second-order valence-electron chi connectivity index (χ2n) is 7.54. The minimum Gasteiger partial charge on any atom is -0.365 e. The van der Waals surface area contributed by atoms with Crippen molar-refractivity contribution in [3.63, 3.8) is 0 Å². The van der Waals surface area contributed by atoms with E-state index in [1.807, 2.05) is 0 Å². The van der Waals surface area contributed by atoms with Gasteiger partial charge in [-0.25, -0.2) is 9.37 Å². The van der Waals surface area contributed by atoms with Gasteiger partial charge >= 0.3 is 0 Å². The molecule has 11 heteroatoms. The average Bonchev–Trinajstić information content (AvgIpc) is 3.28. The van der Waals surface area contributed by atoms with E-state index in [0.717, 1.165) is 12.8 Å². The number of nitrogens with zero attached hydrogens (tertiary/aromatic N) is 5. The third-order valence-electron chi connectivity index (χ3n) is 5.30. The number of carbonyl (C=O) groups is 2. The maximum atomic E-state index is 14.1. The van der Waals surface area contributed by atoms with Crippen molar-refractivity contribution in [1.82, 2.24) is 24.6 Å². The van der Waals surface area contributed by atoms with E-state index in [0.29, 0.717) is 18.8 Å². The zero-order valence-electron chi connectivity index (χ0n) is 17.7. The molecule has 4 rings (SSSR count). The summed E-state index contributed by atoms with van der Waals surface area (Å²) in [6.45, 7) is 4.80. The fraction of sp³-hybridized carbons (Fsp3) is 0.227. The van der Waals surface area contributed by atoms with Crippen molar-refractivity contribution in [3.05, 3.63) is 66.9 Å². The van der Waals surface area contributed by atoms with Gasteiger partial charge in [-0.05, 0) is 31.1 Å². The number of anilines is 4. The molecular weight excluding hydrogens is 427 g/mol. The number of aromatic nitrogens is 4. The maximum Gasteiger partial charge on any atom is 0.254 e. The highest BCUT2D eigenvalue weighted by Crippen LogP contribution is 2.25. The number of primary amides is 1. The quantitative estimate of drug-likeness (QED) is 0.472. The van der Waals surface area contributed by atoms with Gasteiger partial charge in [0, 0.05) is 25.5 Å². The Labute approximate surface area is 189 Å². The van der Waals surface area contributed by atoms with Crippen molar-refractivity contribution in [3.8, 4) is 0 Å². The maximum absolute atomic E-state index is 14.1. The van der Waals surface area contributed by atoms with Gasteiger partial charge in [-0.3, -0.25) is 14.3 Å². The number of carbonyl (C=O) groups excluding carboxylic acids is 2. The molecule has 3 aromatic rings. The fourth-order valence-electron chi connectivity index (χ4n) is 3.64. The zero-order chi connectivity index (χ0) is 23.4. The van der Waals surface area contributed by atoms with E-state index in [1.54, 1.807) is 34.1 Å². The van der Waals surface area contributed by atoms with Crippen LogP contribution in [0.1, 0.15) is 29.2 Å². The van der Waals surface area contributed by atoms with E-state index in [4.69, 9.17) is 5.73 Å². The van der Waals surface area contributed by atoms with Crippen LogP contribution in [0.3, 0.4) is 0 Å². The first-order valence-corrected chi connectivity index (χ1v) is 10.4. The van der Waals surface area contributed by atoms with E-state index in [1.165, 1.54) is 24.4 Å². The molecule has 0 spiro atoms. The number of rotatable bonds is 7. The van der Waals surface area contributed by atoms with E-state index in [-0.39, 0.29) is 35.0 Å². The summed E-state index contributed by atoms with van der Waals surface area (Å²) in [5.41, 5.74) is 6.20. The summed E-state index contributed by atoms with van der Waals surface area (Å²) in [5, 5.41) is 10.2. The Morgan fingerprint density at radius 2 is 2.06 bits per heavy atom. The largest absolute Gasteiger partial charge is 0.365 e. The van der Waals surface area contributed by atoms with Crippen LogP contribution in [0, 0.1) is 5.82 Å². The van der Waals surface area contributed by atoms with E-state index in [9.17, 15) is 14.0 Å². The number of para-hydroxylation sites is 1.